The van der Waals surface area contributed by atoms with Crippen molar-refractivity contribution >= 4 is 33.2 Å². The van der Waals surface area contributed by atoms with Crippen LogP contribution in [0.4, 0.5) is 10.9 Å². The number of imidazole rings is 1. The molecule has 1 aromatic carbocycles. The second kappa shape index (κ2) is 9.07. The fourth-order valence-corrected chi connectivity index (χ4v) is 5.63. The molecule has 9 heteroatoms. The Morgan fingerprint density at radius 3 is 2.53 bits per heavy atom. The molecule has 32 heavy (non-hydrogen) atoms. The van der Waals surface area contributed by atoms with Crippen LogP contribution in [0.15, 0.2) is 24.3 Å². The molecular formula is C23H31N7OS. The molecule has 1 aliphatic carbocycles. The predicted molar refractivity (Wildman–Crippen MR) is 129 cm³/mol. The van der Waals surface area contributed by atoms with Crippen molar-refractivity contribution in [2.24, 2.45) is 5.73 Å². The third-order valence-corrected chi connectivity index (χ3v) is 7.52. The van der Waals surface area contributed by atoms with Gasteiger partial charge in [-0.2, -0.15) is 4.52 Å². The Labute approximate surface area is 192 Å². The quantitative estimate of drug-likeness (QED) is 0.571. The molecule has 3 aromatic rings. The monoisotopic (exact) mass is 453 g/mol. The summed E-state index contributed by atoms with van der Waals surface area (Å²) in [5.74, 6) is 0.735. The van der Waals surface area contributed by atoms with E-state index in [1.165, 1.54) is 31.2 Å². The lowest BCUT2D eigenvalue weighted by Gasteiger charge is -2.33. The first-order valence-corrected chi connectivity index (χ1v) is 12.4. The average Bonchev–Trinajstić information content (AvgIpc) is 3.52. The summed E-state index contributed by atoms with van der Waals surface area (Å²) in [6, 6.07) is 9.19. The average molecular weight is 454 g/mol. The number of primary amides is 1. The number of aryl methyl sites for hydroxylation is 1. The molecule has 1 amide bonds. The Morgan fingerprint density at radius 2 is 1.88 bits per heavy atom. The number of carbonyl (C=O) groups is 1. The number of hydrogen-bond donors (Lipinski definition) is 2. The Hall–Kier alpha value is -2.65. The summed E-state index contributed by atoms with van der Waals surface area (Å²) in [7, 11) is 0. The third kappa shape index (κ3) is 4.31. The fraction of sp³-hybridized carbons (Fsp3) is 0.522. The van der Waals surface area contributed by atoms with E-state index in [0.29, 0.717) is 12.6 Å². The van der Waals surface area contributed by atoms with Gasteiger partial charge in [-0.25, -0.2) is 4.98 Å². The van der Waals surface area contributed by atoms with Gasteiger partial charge in [-0.05, 0) is 24.8 Å². The Balaban J connectivity index is 1.43. The number of nitrogens with two attached hydrogens (primary N) is 1. The number of carbonyl (C=O) groups excluding carboxylic acids is 1. The SMILES string of the molecule is CCc1ccc(-c2nc3sc(N4CCN(CC(N)=O)CC4)nn3c2NC2CCCC2)cc1. The maximum absolute atomic E-state index is 11.2. The summed E-state index contributed by atoms with van der Waals surface area (Å²) >= 11 is 1.63. The van der Waals surface area contributed by atoms with Gasteiger partial charge in [-0.1, -0.05) is 55.4 Å². The van der Waals surface area contributed by atoms with Gasteiger partial charge in [0, 0.05) is 37.8 Å². The molecule has 5 rings (SSSR count). The summed E-state index contributed by atoms with van der Waals surface area (Å²) in [5.41, 5.74) is 8.78. The number of nitrogens with one attached hydrogen (secondary N) is 1. The van der Waals surface area contributed by atoms with E-state index < -0.39 is 0 Å². The third-order valence-electron chi connectivity index (χ3n) is 6.55. The molecule has 0 unspecified atom stereocenters. The lowest BCUT2D eigenvalue weighted by atomic mass is 10.1. The van der Waals surface area contributed by atoms with E-state index in [-0.39, 0.29) is 5.91 Å². The van der Waals surface area contributed by atoms with Crippen molar-refractivity contribution in [2.75, 3.05) is 42.9 Å². The lowest BCUT2D eigenvalue weighted by Crippen LogP contribution is -2.48. The van der Waals surface area contributed by atoms with Crippen LogP contribution in [0, 0.1) is 0 Å². The van der Waals surface area contributed by atoms with Crippen molar-refractivity contribution in [3.63, 3.8) is 0 Å². The molecule has 3 N–H and O–H groups in total. The zero-order valence-corrected chi connectivity index (χ0v) is 19.4. The molecule has 2 aromatic heterocycles. The number of benzene rings is 1. The number of nitrogens with zero attached hydrogens (tertiary/aromatic N) is 5. The van der Waals surface area contributed by atoms with Crippen LogP contribution in [0.3, 0.4) is 0 Å². The molecule has 2 fully saturated rings. The van der Waals surface area contributed by atoms with E-state index in [4.69, 9.17) is 15.8 Å². The summed E-state index contributed by atoms with van der Waals surface area (Å²) in [6.07, 6.45) is 5.97. The normalized spacial score (nSPS) is 18.0. The number of piperazine rings is 1. The van der Waals surface area contributed by atoms with Crippen LogP contribution in [0.5, 0.6) is 0 Å². The maximum Gasteiger partial charge on any atom is 0.231 e. The number of rotatable bonds is 7. The molecule has 1 saturated carbocycles. The first-order valence-electron chi connectivity index (χ1n) is 11.6. The summed E-state index contributed by atoms with van der Waals surface area (Å²) < 4.78 is 2.00. The van der Waals surface area contributed by atoms with Crippen molar-refractivity contribution < 1.29 is 4.79 Å². The molecule has 0 spiro atoms. The number of aromatic nitrogens is 3. The second-order valence-electron chi connectivity index (χ2n) is 8.79. The van der Waals surface area contributed by atoms with Crippen molar-refractivity contribution in [1.29, 1.82) is 0 Å². The van der Waals surface area contributed by atoms with Crippen molar-refractivity contribution in [1.82, 2.24) is 19.5 Å². The first-order chi connectivity index (χ1) is 15.6. The van der Waals surface area contributed by atoms with Crippen LogP contribution in [0.1, 0.15) is 38.2 Å². The van der Waals surface area contributed by atoms with Crippen LogP contribution in [0.2, 0.25) is 0 Å². The minimum atomic E-state index is -0.270. The van der Waals surface area contributed by atoms with Gasteiger partial charge in [0.25, 0.3) is 0 Å². The van der Waals surface area contributed by atoms with Crippen LogP contribution in [0.25, 0.3) is 16.2 Å². The van der Waals surface area contributed by atoms with Crippen LogP contribution >= 0.6 is 11.3 Å². The molecule has 2 aliphatic rings. The predicted octanol–water partition coefficient (Wildman–Crippen LogP) is 2.98. The number of amides is 1. The highest BCUT2D eigenvalue weighted by Crippen LogP contribution is 2.35. The lowest BCUT2D eigenvalue weighted by molar-refractivity contribution is -0.119. The Morgan fingerprint density at radius 1 is 1.16 bits per heavy atom. The fourth-order valence-electron chi connectivity index (χ4n) is 4.68. The van der Waals surface area contributed by atoms with Gasteiger partial charge < -0.3 is 16.0 Å². The van der Waals surface area contributed by atoms with E-state index in [9.17, 15) is 4.79 Å². The standard InChI is InChI=1S/C23H31N7OS/c1-2-16-7-9-17(10-8-16)20-21(25-18-5-3-4-6-18)30-22(26-20)32-23(27-30)29-13-11-28(12-14-29)15-19(24)31/h7-10,18,25H,2-6,11-15H2,1H3,(H2,24,31). The van der Waals surface area contributed by atoms with Gasteiger partial charge in [0.1, 0.15) is 5.69 Å². The van der Waals surface area contributed by atoms with Crippen molar-refractivity contribution in [2.45, 2.75) is 45.1 Å². The van der Waals surface area contributed by atoms with Crippen molar-refractivity contribution in [3.8, 4) is 11.3 Å². The van der Waals surface area contributed by atoms with E-state index in [1.54, 1.807) is 11.3 Å². The molecule has 170 valence electrons. The highest BCUT2D eigenvalue weighted by Gasteiger charge is 2.25. The van der Waals surface area contributed by atoms with Crippen molar-refractivity contribution in [3.05, 3.63) is 29.8 Å². The Bertz CT molecular complexity index is 1080. The second-order valence-corrected chi connectivity index (χ2v) is 9.73. The molecule has 3 heterocycles. The van der Waals surface area contributed by atoms with Crippen LogP contribution in [-0.4, -0.2) is 64.2 Å². The van der Waals surface area contributed by atoms with Gasteiger partial charge in [0.2, 0.25) is 16.0 Å². The minimum absolute atomic E-state index is 0.270. The number of fused-ring (bicyclic) bond motifs is 1. The van der Waals surface area contributed by atoms with E-state index in [2.05, 4.69) is 46.3 Å². The highest BCUT2D eigenvalue weighted by atomic mass is 32.1. The molecule has 0 radical (unpaired) electrons. The Kier molecular flexibility index (Phi) is 6.01. The molecule has 1 saturated heterocycles. The highest BCUT2D eigenvalue weighted by molar-refractivity contribution is 7.20. The molecular weight excluding hydrogens is 422 g/mol. The largest absolute Gasteiger partial charge is 0.369 e. The van der Waals surface area contributed by atoms with Gasteiger partial charge >= 0.3 is 0 Å². The van der Waals surface area contributed by atoms with Gasteiger partial charge in [-0.15, -0.1) is 5.10 Å². The molecule has 0 atom stereocenters. The van der Waals surface area contributed by atoms with Crippen LogP contribution in [-0.2, 0) is 11.2 Å². The molecule has 0 bridgehead atoms. The smallest absolute Gasteiger partial charge is 0.231 e. The van der Waals surface area contributed by atoms with E-state index in [0.717, 1.165) is 59.8 Å². The first kappa shape index (κ1) is 21.2. The van der Waals surface area contributed by atoms with Gasteiger partial charge in [0.05, 0.1) is 6.54 Å². The topological polar surface area (TPSA) is 91.8 Å². The van der Waals surface area contributed by atoms with E-state index in [1.807, 2.05) is 4.52 Å². The minimum Gasteiger partial charge on any atom is -0.369 e. The van der Waals surface area contributed by atoms with Gasteiger partial charge in [-0.3, -0.25) is 9.69 Å². The zero-order valence-electron chi connectivity index (χ0n) is 18.6. The van der Waals surface area contributed by atoms with E-state index >= 15 is 0 Å². The maximum atomic E-state index is 11.2. The zero-order chi connectivity index (χ0) is 22.1. The molecule has 1 aliphatic heterocycles. The number of anilines is 2. The summed E-state index contributed by atoms with van der Waals surface area (Å²) in [5, 5.41) is 9.72. The van der Waals surface area contributed by atoms with Gasteiger partial charge in [0.15, 0.2) is 5.82 Å². The summed E-state index contributed by atoms with van der Waals surface area (Å²) in [6.45, 7) is 5.79. The molecule has 8 nitrogen and oxygen atoms in total. The van der Waals surface area contributed by atoms with Crippen LogP contribution < -0.4 is 16.0 Å². The summed E-state index contributed by atoms with van der Waals surface area (Å²) in [4.78, 5) is 21.5. The number of hydrogen-bond acceptors (Lipinski definition) is 7.